The van der Waals surface area contributed by atoms with Crippen molar-refractivity contribution in [1.82, 2.24) is 0 Å². The Kier molecular flexibility index (Phi) is 3.19. The van der Waals surface area contributed by atoms with Crippen LogP contribution in [0.15, 0.2) is 0 Å². The van der Waals surface area contributed by atoms with Crippen LogP contribution in [0.4, 0.5) is 0 Å². The van der Waals surface area contributed by atoms with Gasteiger partial charge in [0.1, 0.15) is 0 Å². The molecule has 0 heterocycles. The van der Waals surface area contributed by atoms with Gasteiger partial charge in [0, 0.05) is 7.11 Å². The molecule has 0 aliphatic rings. The van der Waals surface area contributed by atoms with Gasteiger partial charge in [-0.3, -0.25) is 4.79 Å². The number of carboxylic acid groups (broad SMARTS) is 1. The quantitative estimate of drug-likeness (QED) is 0.606. The maximum atomic E-state index is 10.9. The number of carbonyl (C=O) groups is 2. The molecule has 0 aromatic carbocycles. The number of carboxylic acids is 1. The van der Waals surface area contributed by atoms with Crippen LogP contribution >= 0.6 is 0 Å². The van der Waals surface area contributed by atoms with Crippen LogP contribution in [0.5, 0.6) is 0 Å². The highest BCUT2D eigenvalue weighted by Crippen LogP contribution is 2.16. The second-order valence-electron chi connectivity index (χ2n) is 2.25. The lowest BCUT2D eigenvalue weighted by Crippen LogP contribution is -2.46. The molecule has 0 spiro atoms. The molecule has 0 aromatic heterocycles. The van der Waals surface area contributed by atoms with Crippen molar-refractivity contribution in [3.05, 3.63) is 0 Å². The Labute approximate surface area is 65.2 Å². The smallest absolute Gasteiger partial charge is 0.343 e. The van der Waals surface area contributed by atoms with E-state index in [9.17, 15) is 9.59 Å². The molecule has 0 aromatic rings. The molecule has 0 rings (SSSR count). The molecule has 0 aliphatic carbocycles. The van der Waals surface area contributed by atoms with Gasteiger partial charge in [-0.05, 0) is 13.3 Å². The first kappa shape index (κ1) is 10.1. The zero-order valence-electron chi connectivity index (χ0n) is 6.88. The maximum absolute atomic E-state index is 10.9. The van der Waals surface area contributed by atoms with E-state index in [1.807, 2.05) is 0 Å². The molecule has 64 valence electrons. The molecular formula is C7H12O4. The Bertz CT molecular complexity index is 153. The lowest BCUT2D eigenvalue weighted by molar-refractivity contribution is -0.168. The summed E-state index contributed by atoms with van der Waals surface area (Å²) in [6.07, 6.45) is 0.147. The summed E-state index contributed by atoms with van der Waals surface area (Å²) in [5, 5.41) is 8.65. The molecule has 1 unspecified atom stereocenters. The van der Waals surface area contributed by atoms with Crippen LogP contribution < -0.4 is 0 Å². The first-order valence-corrected chi connectivity index (χ1v) is 3.30. The van der Waals surface area contributed by atoms with Crippen molar-refractivity contribution < 1.29 is 19.4 Å². The Balaban J connectivity index is 4.76. The van der Waals surface area contributed by atoms with Crippen molar-refractivity contribution in [2.75, 3.05) is 7.11 Å². The minimum Gasteiger partial charge on any atom is -0.479 e. The van der Waals surface area contributed by atoms with E-state index < -0.39 is 17.4 Å². The van der Waals surface area contributed by atoms with Crippen molar-refractivity contribution in [2.45, 2.75) is 25.9 Å². The molecule has 0 fully saturated rings. The number of ether oxygens (including phenoxy) is 1. The van der Waals surface area contributed by atoms with E-state index in [0.717, 1.165) is 0 Å². The molecule has 4 nitrogen and oxygen atoms in total. The monoisotopic (exact) mass is 160 g/mol. The number of methoxy groups -OCH3 is 1. The van der Waals surface area contributed by atoms with Gasteiger partial charge in [0.2, 0.25) is 5.60 Å². The van der Waals surface area contributed by atoms with Crippen LogP contribution in [0.2, 0.25) is 0 Å². The van der Waals surface area contributed by atoms with E-state index in [4.69, 9.17) is 5.11 Å². The predicted molar refractivity (Wildman–Crippen MR) is 38.3 cm³/mol. The highest BCUT2D eigenvalue weighted by molar-refractivity contribution is 6.05. The Morgan fingerprint density at radius 1 is 1.55 bits per heavy atom. The topological polar surface area (TPSA) is 63.6 Å². The van der Waals surface area contributed by atoms with Gasteiger partial charge in [0.15, 0.2) is 5.78 Å². The van der Waals surface area contributed by atoms with Gasteiger partial charge in [0.25, 0.3) is 0 Å². The number of Topliss-reactive ketones (excluding diaryl/α,β-unsaturated/α-hetero) is 1. The number of rotatable bonds is 4. The van der Waals surface area contributed by atoms with E-state index in [0.29, 0.717) is 0 Å². The van der Waals surface area contributed by atoms with E-state index in [2.05, 4.69) is 4.74 Å². The molecule has 4 heteroatoms. The molecule has 0 radical (unpaired) electrons. The van der Waals surface area contributed by atoms with Gasteiger partial charge < -0.3 is 9.84 Å². The Morgan fingerprint density at radius 3 is 2.00 bits per heavy atom. The van der Waals surface area contributed by atoms with Gasteiger partial charge in [-0.15, -0.1) is 0 Å². The van der Waals surface area contributed by atoms with Crippen LogP contribution in [0.3, 0.4) is 0 Å². The van der Waals surface area contributed by atoms with E-state index in [1.54, 1.807) is 6.92 Å². The number of hydrogen-bond acceptors (Lipinski definition) is 3. The Hall–Kier alpha value is -0.900. The van der Waals surface area contributed by atoms with Crippen LogP contribution in [0.1, 0.15) is 20.3 Å². The summed E-state index contributed by atoms with van der Waals surface area (Å²) in [7, 11) is 1.22. The third-order valence-electron chi connectivity index (χ3n) is 1.76. The van der Waals surface area contributed by atoms with Crippen LogP contribution in [-0.4, -0.2) is 29.6 Å². The largest absolute Gasteiger partial charge is 0.479 e. The minimum atomic E-state index is -1.64. The van der Waals surface area contributed by atoms with E-state index >= 15 is 0 Å². The third kappa shape index (κ3) is 1.57. The van der Waals surface area contributed by atoms with Crippen molar-refractivity contribution in [1.29, 1.82) is 0 Å². The molecular weight excluding hydrogens is 148 g/mol. The van der Waals surface area contributed by atoms with E-state index in [1.165, 1.54) is 14.0 Å². The highest BCUT2D eigenvalue weighted by atomic mass is 16.5. The fraction of sp³-hybridized carbons (Fsp3) is 0.714. The summed E-state index contributed by atoms with van der Waals surface area (Å²) in [5.41, 5.74) is -1.64. The first-order chi connectivity index (χ1) is 5.01. The summed E-state index contributed by atoms with van der Waals surface area (Å²) in [6, 6.07) is 0. The zero-order chi connectivity index (χ0) is 9.07. The third-order valence-corrected chi connectivity index (χ3v) is 1.76. The van der Waals surface area contributed by atoms with Gasteiger partial charge in [-0.1, -0.05) is 6.92 Å². The zero-order valence-corrected chi connectivity index (χ0v) is 6.88. The highest BCUT2D eigenvalue weighted by Gasteiger charge is 2.41. The van der Waals surface area contributed by atoms with Crippen molar-refractivity contribution in [3.8, 4) is 0 Å². The molecule has 0 saturated carbocycles. The lowest BCUT2D eigenvalue weighted by Gasteiger charge is -2.22. The number of ketones is 1. The van der Waals surface area contributed by atoms with E-state index in [-0.39, 0.29) is 6.42 Å². The molecule has 0 amide bonds. The average Bonchev–Trinajstić information content (AvgIpc) is 1.90. The Morgan fingerprint density at radius 2 is 2.00 bits per heavy atom. The second-order valence-corrected chi connectivity index (χ2v) is 2.25. The molecule has 0 bridgehead atoms. The molecule has 0 aliphatic heterocycles. The average molecular weight is 160 g/mol. The maximum Gasteiger partial charge on any atom is 0.343 e. The number of hydrogen-bond donors (Lipinski definition) is 1. The summed E-state index contributed by atoms with van der Waals surface area (Å²) < 4.78 is 4.66. The standard InChI is InChI=1S/C7H12O4/c1-4-7(11-3,5(2)8)6(9)10/h4H2,1-3H3,(H,9,10). The summed E-state index contributed by atoms with van der Waals surface area (Å²) >= 11 is 0. The second kappa shape index (κ2) is 3.48. The fourth-order valence-electron chi connectivity index (χ4n) is 0.926. The number of aliphatic carboxylic acids is 1. The van der Waals surface area contributed by atoms with Crippen LogP contribution in [0.25, 0.3) is 0 Å². The summed E-state index contributed by atoms with van der Waals surface area (Å²) in [5.74, 6) is -1.70. The van der Waals surface area contributed by atoms with Crippen molar-refractivity contribution in [3.63, 3.8) is 0 Å². The minimum absolute atomic E-state index is 0.147. The number of carbonyl (C=O) groups excluding carboxylic acids is 1. The predicted octanol–water partition coefficient (Wildman–Crippen LogP) is 0.455. The SMILES string of the molecule is CCC(OC)(C(C)=O)C(=O)O. The van der Waals surface area contributed by atoms with Gasteiger partial charge in [-0.25, -0.2) is 4.79 Å². The van der Waals surface area contributed by atoms with Gasteiger partial charge in [0.05, 0.1) is 0 Å². The van der Waals surface area contributed by atoms with Crippen molar-refractivity contribution >= 4 is 11.8 Å². The molecule has 1 atom stereocenters. The summed E-state index contributed by atoms with van der Waals surface area (Å²) in [6.45, 7) is 2.81. The van der Waals surface area contributed by atoms with Crippen LogP contribution in [0, 0.1) is 0 Å². The molecule has 11 heavy (non-hydrogen) atoms. The van der Waals surface area contributed by atoms with Gasteiger partial charge >= 0.3 is 5.97 Å². The summed E-state index contributed by atoms with van der Waals surface area (Å²) in [4.78, 5) is 21.4. The van der Waals surface area contributed by atoms with Crippen molar-refractivity contribution in [2.24, 2.45) is 0 Å². The van der Waals surface area contributed by atoms with Gasteiger partial charge in [-0.2, -0.15) is 0 Å². The normalized spacial score (nSPS) is 15.5. The van der Waals surface area contributed by atoms with Crippen LogP contribution in [-0.2, 0) is 14.3 Å². The fourth-order valence-corrected chi connectivity index (χ4v) is 0.926. The first-order valence-electron chi connectivity index (χ1n) is 3.30. The molecule has 0 saturated heterocycles. The molecule has 1 N–H and O–H groups in total. The lowest BCUT2D eigenvalue weighted by atomic mass is 9.96.